The van der Waals surface area contributed by atoms with Gasteiger partial charge in [0.1, 0.15) is 0 Å². The largest absolute Gasteiger partial charge is 0.318 e. The molecule has 2 N–H and O–H groups in total. The number of hydrogen-bond acceptors (Lipinski definition) is 3. The summed E-state index contributed by atoms with van der Waals surface area (Å²) in [5, 5.41) is 6.35. The molecule has 74 valence electrons. The van der Waals surface area contributed by atoms with Crippen molar-refractivity contribution in [1.82, 2.24) is 15.5 Å². The molecule has 0 fully saturated rings. The molecule has 0 atom stereocenters. The van der Waals surface area contributed by atoms with Crippen molar-refractivity contribution in [3.05, 3.63) is 0 Å². The molecule has 0 amide bonds. The van der Waals surface area contributed by atoms with E-state index < -0.39 is 0 Å². The Morgan fingerprint density at radius 3 is 2.33 bits per heavy atom. The molecule has 0 aliphatic rings. The molecule has 0 aromatic rings. The number of unbranched alkanes of at least 4 members (excludes halogenated alkanes) is 1. The highest BCUT2D eigenvalue weighted by Crippen LogP contribution is 1.92. The van der Waals surface area contributed by atoms with E-state index >= 15 is 0 Å². The maximum atomic E-state index is 3.18. The van der Waals surface area contributed by atoms with E-state index in [1.807, 2.05) is 14.1 Å². The van der Waals surface area contributed by atoms with Crippen molar-refractivity contribution in [3.63, 3.8) is 0 Å². The number of rotatable bonds is 8. The molecule has 3 nitrogen and oxygen atoms in total. The Labute approximate surface area is 76.5 Å². The minimum Gasteiger partial charge on any atom is -0.318 e. The van der Waals surface area contributed by atoms with E-state index in [1.165, 1.54) is 19.4 Å². The lowest BCUT2D eigenvalue weighted by Crippen LogP contribution is -2.37. The molecule has 3 heteroatoms. The minimum absolute atomic E-state index is 1.00. The summed E-state index contributed by atoms with van der Waals surface area (Å²) in [5.41, 5.74) is 0. The van der Waals surface area contributed by atoms with E-state index in [4.69, 9.17) is 0 Å². The van der Waals surface area contributed by atoms with E-state index in [0.29, 0.717) is 0 Å². The second kappa shape index (κ2) is 8.97. The topological polar surface area (TPSA) is 27.3 Å². The Morgan fingerprint density at radius 2 is 1.83 bits per heavy atom. The van der Waals surface area contributed by atoms with Crippen molar-refractivity contribution in [2.24, 2.45) is 0 Å². The molecular weight excluding hydrogens is 150 g/mol. The standard InChI is InChI=1S/C9H23N3/c1-4-5-7-12(9-11-3)8-6-10-2/h10-11H,4-9H2,1-3H3. The zero-order chi connectivity index (χ0) is 9.23. The van der Waals surface area contributed by atoms with Crippen LogP contribution in [0, 0.1) is 0 Å². The summed E-state index contributed by atoms with van der Waals surface area (Å²) < 4.78 is 0. The van der Waals surface area contributed by atoms with Crippen molar-refractivity contribution in [1.29, 1.82) is 0 Å². The molecule has 0 aromatic heterocycles. The average Bonchev–Trinajstić information content (AvgIpc) is 2.10. The van der Waals surface area contributed by atoms with Gasteiger partial charge >= 0.3 is 0 Å². The van der Waals surface area contributed by atoms with Gasteiger partial charge in [-0.25, -0.2) is 0 Å². The van der Waals surface area contributed by atoms with E-state index in [0.717, 1.165) is 19.8 Å². The van der Waals surface area contributed by atoms with Gasteiger partial charge in [-0.2, -0.15) is 0 Å². The SMILES string of the molecule is CCCCN(CCNC)CNC. The second-order valence-corrected chi connectivity index (χ2v) is 3.09. The van der Waals surface area contributed by atoms with E-state index in [-0.39, 0.29) is 0 Å². The third-order valence-electron chi connectivity index (χ3n) is 1.89. The Kier molecular flexibility index (Phi) is 8.88. The van der Waals surface area contributed by atoms with Crippen molar-refractivity contribution >= 4 is 0 Å². The lowest BCUT2D eigenvalue weighted by Gasteiger charge is -2.21. The normalized spacial score (nSPS) is 11.0. The molecule has 0 rings (SSSR count). The van der Waals surface area contributed by atoms with Gasteiger partial charge in [0.05, 0.1) is 0 Å². The smallest absolute Gasteiger partial charge is 0.0478 e. The first-order valence-electron chi connectivity index (χ1n) is 4.86. The van der Waals surface area contributed by atoms with Crippen molar-refractivity contribution in [2.75, 3.05) is 40.4 Å². The van der Waals surface area contributed by atoms with Crippen LogP contribution in [0.2, 0.25) is 0 Å². The highest BCUT2D eigenvalue weighted by molar-refractivity contribution is 4.56. The summed E-state index contributed by atoms with van der Waals surface area (Å²) in [5.74, 6) is 0. The number of hydrogen-bond donors (Lipinski definition) is 2. The van der Waals surface area contributed by atoms with Crippen molar-refractivity contribution < 1.29 is 0 Å². The summed E-state index contributed by atoms with van der Waals surface area (Å²) >= 11 is 0. The highest BCUT2D eigenvalue weighted by atomic mass is 15.2. The summed E-state index contributed by atoms with van der Waals surface area (Å²) in [6.07, 6.45) is 2.57. The van der Waals surface area contributed by atoms with Gasteiger partial charge < -0.3 is 10.6 Å². The van der Waals surface area contributed by atoms with Crippen LogP contribution in [-0.2, 0) is 0 Å². The molecule has 0 bridgehead atoms. The molecule has 0 saturated carbocycles. The summed E-state index contributed by atoms with van der Waals surface area (Å²) in [6.45, 7) is 6.65. The van der Waals surface area contributed by atoms with Gasteiger partial charge in [-0.15, -0.1) is 0 Å². The fourth-order valence-corrected chi connectivity index (χ4v) is 1.15. The van der Waals surface area contributed by atoms with Gasteiger partial charge in [-0.3, -0.25) is 4.90 Å². The molecule has 0 radical (unpaired) electrons. The number of likely N-dealkylation sites (N-methyl/N-ethyl adjacent to an activating group) is 1. The third-order valence-corrected chi connectivity index (χ3v) is 1.89. The number of nitrogens with one attached hydrogen (secondary N) is 2. The van der Waals surface area contributed by atoms with Gasteiger partial charge in [-0.1, -0.05) is 13.3 Å². The van der Waals surface area contributed by atoms with E-state index in [1.54, 1.807) is 0 Å². The fraction of sp³-hybridized carbons (Fsp3) is 1.00. The molecule has 0 unspecified atom stereocenters. The van der Waals surface area contributed by atoms with Crippen molar-refractivity contribution in [3.8, 4) is 0 Å². The summed E-state index contributed by atoms with van der Waals surface area (Å²) in [6, 6.07) is 0. The van der Waals surface area contributed by atoms with Gasteiger partial charge in [0.15, 0.2) is 0 Å². The first-order valence-corrected chi connectivity index (χ1v) is 4.86. The zero-order valence-corrected chi connectivity index (χ0v) is 8.69. The maximum Gasteiger partial charge on any atom is 0.0478 e. The summed E-state index contributed by atoms with van der Waals surface area (Å²) in [7, 11) is 4.00. The quantitative estimate of drug-likeness (QED) is 0.523. The molecule has 0 saturated heterocycles. The van der Waals surface area contributed by atoms with Crippen LogP contribution in [0.3, 0.4) is 0 Å². The Balaban J connectivity index is 3.40. The van der Waals surface area contributed by atoms with Crippen LogP contribution in [0.1, 0.15) is 19.8 Å². The van der Waals surface area contributed by atoms with Gasteiger partial charge in [0, 0.05) is 19.8 Å². The third kappa shape index (κ3) is 6.58. The predicted molar refractivity (Wildman–Crippen MR) is 54.3 cm³/mol. The maximum absolute atomic E-state index is 3.18. The molecule has 12 heavy (non-hydrogen) atoms. The van der Waals surface area contributed by atoms with Crippen LogP contribution in [0.25, 0.3) is 0 Å². The van der Waals surface area contributed by atoms with Gasteiger partial charge in [0.2, 0.25) is 0 Å². The predicted octanol–water partition coefficient (Wildman–Crippen LogP) is 0.485. The van der Waals surface area contributed by atoms with E-state index in [9.17, 15) is 0 Å². The molecule has 0 aromatic carbocycles. The fourth-order valence-electron chi connectivity index (χ4n) is 1.15. The molecule has 0 spiro atoms. The van der Waals surface area contributed by atoms with Crippen LogP contribution in [-0.4, -0.2) is 45.3 Å². The van der Waals surface area contributed by atoms with E-state index in [2.05, 4.69) is 22.5 Å². The zero-order valence-electron chi connectivity index (χ0n) is 8.69. The number of nitrogens with zero attached hydrogens (tertiary/aromatic N) is 1. The Bertz CT molecular complexity index is 77.8. The first kappa shape index (κ1) is 11.9. The minimum atomic E-state index is 1.00. The molecule has 0 heterocycles. The van der Waals surface area contributed by atoms with Crippen LogP contribution >= 0.6 is 0 Å². The Hall–Kier alpha value is -0.120. The molecule has 0 aliphatic carbocycles. The monoisotopic (exact) mass is 173 g/mol. The van der Waals surface area contributed by atoms with Crippen molar-refractivity contribution in [2.45, 2.75) is 19.8 Å². The van der Waals surface area contributed by atoms with Crippen LogP contribution in [0.15, 0.2) is 0 Å². The molecule has 0 aliphatic heterocycles. The molecular formula is C9H23N3. The first-order chi connectivity index (χ1) is 5.85. The van der Waals surface area contributed by atoms with Crippen LogP contribution in [0.4, 0.5) is 0 Å². The van der Waals surface area contributed by atoms with Crippen LogP contribution < -0.4 is 10.6 Å². The van der Waals surface area contributed by atoms with Crippen LogP contribution in [0.5, 0.6) is 0 Å². The average molecular weight is 173 g/mol. The van der Waals surface area contributed by atoms with Gasteiger partial charge in [0.25, 0.3) is 0 Å². The lowest BCUT2D eigenvalue weighted by molar-refractivity contribution is 0.258. The highest BCUT2D eigenvalue weighted by Gasteiger charge is 2.00. The second-order valence-electron chi connectivity index (χ2n) is 3.09. The lowest BCUT2D eigenvalue weighted by atomic mass is 10.3. The Morgan fingerprint density at radius 1 is 1.08 bits per heavy atom. The van der Waals surface area contributed by atoms with Gasteiger partial charge in [-0.05, 0) is 27.1 Å². The summed E-state index contributed by atoms with van der Waals surface area (Å²) in [4.78, 5) is 2.43.